The summed E-state index contributed by atoms with van der Waals surface area (Å²) in [6.45, 7) is 6.51. The number of rotatable bonds is 10. The summed E-state index contributed by atoms with van der Waals surface area (Å²) in [5.74, 6) is 0.213. The Morgan fingerprint density at radius 3 is 2.89 bits per heavy atom. The maximum atomic E-state index is 12.2. The van der Waals surface area contributed by atoms with Gasteiger partial charge in [0.15, 0.2) is 0 Å². The fourth-order valence-electron chi connectivity index (χ4n) is 2.33. The third-order valence-electron chi connectivity index (χ3n) is 3.40. The smallest absolute Gasteiger partial charge is 0.222 e. The first-order valence-electron chi connectivity index (χ1n) is 7.35. The van der Waals surface area contributed by atoms with E-state index in [0.717, 1.165) is 25.9 Å². The third-order valence-corrected chi connectivity index (χ3v) is 3.40. The van der Waals surface area contributed by atoms with E-state index in [2.05, 4.69) is 5.32 Å². The van der Waals surface area contributed by atoms with Crippen LogP contribution in [0, 0.1) is 0 Å². The number of nitrogens with zero attached hydrogens (tertiary/aromatic N) is 1. The van der Waals surface area contributed by atoms with Gasteiger partial charge in [-0.2, -0.15) is 0 Å². The Morgan fingerprint density at radius 1 is 1.42 bits per heavy atom. The molecule has 5 heteroatoms. The number of nitrogens with one attached hydrogen (secondary N) is 1. The molecule has 112 valence electrons. The van der Waals surface area contributed by atoms with Crippen LogP contribution >= 0.6 is 0 Å². The molecule has 0 saturated carbocycles. The third kappa shape index (κ3) is 6.89. The van der Waals surface area contributed by atoms with Gasteiger partial charge in [0.25, 0.3) is 0 Å². The zero-order chi connectivity index (χ0) is 13.9. The van der Waals surface area contributed by atoms with Crippen molar-refractivity contribution in [3.05, 3.63) is 0 Å². The largest absolute Gasteiger partial charge is 0.383 e. The Balaban J connectivity index is 2.30. The molecule has 1 amide bonds. The lowest BCUT2D eigenvalue weighted by Gasteiger charge is -2.25. The average molecular weight is 272 g/mol. The minimum atomic E-state index is 0.213. The molecule has 1 unspecified atom stereocenters. The molecule has 1 N–H and O–H groups in total. The minimum Gasteiger partial charge on any atom is -0.383 e. The van der Waals surface area contributed by atoms with Crippen molar-refractivity contribution in [1.82, 2.24) is 10.2 Å². The van der Waals surface area contributed by atoms with Gasteiger partial charge in [-0.15, -0.1) is 0 Å². The Bertz CT molecular complexity index is 243. The molecule has 1 heterocycles. The van der Waals surface area contributed by atoms with Crippen molar-refractivity contribution in [3.63, 3.8) is 0 Å². The van der Waals surface area contributed by atoms with Crippen LogP contribution in [-0.4, -0.2) is 63.4 Å². The zero-order valence-electron chi connectivity index (χ0n) is 12.3. The van der Waals surface area contributed by atoms with Crippen LogP contribution in [0.2, 0.25) is 0 Å². The molecule has 1 rings (SSSR count). The Hall–Kier alpha value is -0.650. The van der Waals surface area contributed by atoms with Gasteiger partial charge < -0.3 is 19.7 Å². The summed E-state index contributed by atoms with van der Waals surface area (Å²) < 4.78 is 10.4. The SMILES string of the molecule is CCOCCCC(=O)N(CCOC)CC1CCCN1. The summed E-state index contributed by atoms with van der Waals surface area (Å²) in [5.41, 5.74) is 0. The van der Waals surface area contributed by atoms with Crippen molar-refractivity contribution in [2.45, 2.75) is 38.6 Å². The highest BCUT2D eigenvalue weighted by atomic mass is 16.5. The van der Waals surface area contributed by atoms with Crippen LogP contribution in [0.25, 0.3) is 0 Å². The van der Waals surface area contributed by atoms with Gasteiger partial charge in [0.1, 0.15) is 0 Å². The first-order chi connectivity index (χ1) is 9.27. The van der Waals surface area contributed by atoms with Gasteiger partial charge >= 0.3 is 0 Å². The maximum Gasteiger partial charge on any atom is 0.222 e. The Morgan fingerprint density at radius 2 is 2.26 bits per heavy atom. The predicted molar refractivity (Wildman–Crippen MR) is 75.2 cm³/mol. The van der Waals surface area contributed by atoms with Crippen molar-refractivity contribution >= 4 is 5.91 Å². The number of carbonyl (C=O) groups is 1. The fraction of sp³-hybridized carbons (Fsp3) is 0.929. The Labute approximate surface area is 116 Å². The van der Waals surface area contributed by atoms with Gasteiger partial charge in [-0.1, -0.05) is 0 Å². The summed E-state index contributed by atoms with van der Waals surface area (Å²) in [6, 6.07) is 0.452. The van der Waals surface area contributed by atoms with E-state index in [-0.39, 0.29) is 5.91 Å². The highest BCUT2D eigenvalue weighted by Crippen LogP contribution is 2.08. The summed E-state index contributed by atoms with van der Waals surface area (Å²) >= 11 is 0. The van der Waals surface area contributed by atoms with E-state index in [1.165, 1.54) is 6.42 Å². The second-order valence-electron chi connectivity index (χ2n) is 4.93. The van der Waals surface area contributed by atoms with Crippen LogP contribution in [0.5, 0.6) is 0 Å². The van der Waals surface area contributed by atoms with Crippen molar-refractivity contribution in [1.29, 1.82) is 0 Å². The van der Waals surface area contributed by atoms with Crippen LogP contribution in [-0.2, 0) is 14.3 Å². The van der Waals surface area contributed by atoms with Crippen molar-refractivity contribution in [2.75, 3.05) is 46.6 Å². The highest BCUT2D eigenvalue weighted by molar-refractivity contribution is 5.76. The van der Waals surface area contributed by atoms with Crippen molar-refractivity contribution < 1.29 is 14.3 Å². The lowest BCUT2D eigenvalue weighted by Crippen LogP contribution is -2.42. The second kappa shape index (κ2) is 10.2. The zero-order valence-corrected chi connectivity index (χ0v) is 12.3. The van der Waals surface area contributed by atoms with Crippen LogP contribution in [0.15, 0.2) is 0 Å². The summed E-state index contributed by atoms with van der Waals surface area (Å²) in [5, 5.41) is 3.44. The van der Waals surface area contributed by atoms with E-state index in [0.29, 0.717) is 38.8 Å². The predicted octanol–water partition coefficient (Wildman–Crippen LogP) is 1.03. The molecule has 0 spiro atoms. The quantitative estimate of drug-likeness (QED) is 0.604. The topological polar surface area (TPSA) is 50.8 Å². The molecule has 1 saturated heterocycles. The summed E-state index contributed by atoms with van der Waals surface area (Å²) in [4.78, 5) is 14.1. The molecule has 5 nitrogen and oxygen atoms in total. The first kappa shape index (κ1) is 16.4. The number of ether oxygens (including phenoxy) is 2. The number of methoxy groups -OCH3 is 1. The molecule has 1 fully saturated rings. The summed E-state index contributed by atoms with van der Waals surface area (Å²) in [6.07, 6.45) is 3.74. The van der Waals surface area contributed by atoms with Crippen molar-refractivity contribution in [3.8, 4) is 0 Å². The van der Waals surface area contributed by atoms with E-state index in [4.69, 9.17) is 9.47 Å². The van der Waals surface area contributed by atoms with E-state index >= 15 is 0 Å². The molecule has 0 bridgehead atoms. The highest BCUT2D eigenvalue weighted by Gasteiger charge is 2.20. The van der Waals surface area contributed by atoms with Crippen molar-refractivity contribution in [2.24, 2.45) is 0 Å². The van der Waals surface area contributed by atoms with Crippen LogP contribution < -0.4 is 5.32 Å². The van der Waals surface area contributed by atoms with E-state index in [1.807, 2.05) is 11.8 Å². The molecule has 0 aromatic rings. The van der Waals surface area contributed by atoms with Gasteiger partial charge in [-0.3, -0.25) is 4.79 Å². The fourth-order valence-corrected chi connectivity index (χ4v) is 2.33. The second-order valence-corrected chi connectivity index (χ2v) is 4.93. The van der Waals surface area contributed by atoms with E-state index in [1.54, 1.807) is 7.11 Å². The minimum absolute atomic E-state index is 0.213. The molecular formula is C14H28N2O3. The van der Waals surface area contributed by atoms with Gasteiger partial charge in [0, 0.05) is 45.9 Å². The molecule has 19 heavy (non-hydrogen) atoms. The number of hydrogen-bond acceptors (Lipinski definition) is 4. The molecule has 1 aliphatic rings. The first-order valence-corrected chi connectivity index (χ1v) is 7.35. The number of hydrogen-bond donors (Lipinski definition) is 1. The monoisotopic (exact) mass is 272 g/mol. The molecule has 1 atom stereocenters. The summed E-state index contributed by atoms with van der Waals surface area (Å²) in [7, 11) is 1.67. The standard InChI is InChI=1S/C14H28N2O3/c1-3-19-10-5-7-14(17)16(9-11-18-2)12-13-6-4-8-15-13/h13,15H,3-12H2,1-2H3. The normalized spacial score (nSPS) is 18.7. The molecule has 0 radical (unpaired) electrons. The van der Waals surface area contributed by atoms with Gasteiger partial charge in [0.2, 0.25) is 5.91 Å². The average Bonchev–Trinajstić information content (AvgIpc) is 2.92. The van der Waals surface area contributed by atoms with Crippen LogP contribution in [0.1, 0.15) is 32.6 Å². The van der Waals surface area contributed by atoms with Gasteiger partial charge in [0.05, 0.1) is 6.61 Å². The number of amides is 1. The van der Waals surface area contributed by atoms with Crippen LogP contribution in [0.4, 0.5) is 0 Å². The van der Waals surface area contributed by atoms with Gasteiger partial charge in [-0.25, -0.2) is 0 Å². The van der Waals surface area contributed by atoms with Gasteiger partial charge in [-0.05, 0) is 32.7 Å². The molecular weight excluding hydrogens is 244 g/mol. The lowest BCUT2D eigenvalue weighted by atomic mass is 10.2. The van der Waals surface area contributed by atoms with Crippen LogP contribution in [0.3, 0.4) is 0 Å². The van der Waals surface area contributed by atoms with E-state index < -0.39 is 0 Å². The Kier molecular flexibility index (Phi) is 8.79. The number of carbonyl (C=O) groups excluding carboxylic acids is 1. The molecule has 0 aliphatic carbocycles. The maximum absolute atomic E-state index is 12.2. The molecule has 0 aromatic carbocycles. The van der Waals surface area contributed by atoms with E-state index in [9.17, 15) is 4.79 Å². The molecule has 0 aromatic heterocycles. The lowest BCUT2D eigenvalue weighted by molar-refractivity contribution is -0.132. The molecule has 1 aliphatic heterocycles.